The van der Waals surface area contributed by atoms with Crippen molar-refractivity contribution in [1.29, 1.82) is 0 Å². The number of aromatic nitrogens is 2. The van der Waals surface area contributed by atoms with E-state index in [1.54, 1.807) is 48.5 Å². The summed E-state index contributed by atoms with van der Waals surface area (Å²) in [4.78, 5) is -0.0422. The number of sulfone groups is 1. The van der Waals surface area contributed by atoms with Gasteiger partial charge in [0.25, 0.3) is 10.0 Å². The Kier molecular flexibility index (Phi) is 6.07. The van der Waals surface area contributed by atoms with Gasteiger partial charge in [0.15, 0.2) is 0 Å². The third-order valence-corrected chi connectivity index (χ3v) is 9.28. The first kappa shape index (κ1) is 23.4. The fraction of sp³-hybridized carbons (Fsp3) is 0.125. The van der Waals surface area contributed by atoms with Crippen LogP contribution in [0.2, 0.25) is 0 Å². The van der Waals surface area contributed by atoms with Gasteiger partial charge < -0.3 is 0 Å². The van der Waals surface area contributed by atoms with E-state index < -0.39 is 19.9 Å². The second-order valence-corrected chi connectivity index (χ2v) is 12.3. The number of aryl methyl sites for hydroxylation is 3. The van der Waals surface area contributed by atoms with Gasteiger partial charge in [-0.05, 0) is 57.2 Å². The SMILES string of the molecule is Cc1ccc(S(=O)(=O)c2c(C)nn(S(=O)(=O)c3ccc(C)cc3)c2-c2ccc(Br)cc2)cc1. The van der Waals surface area contributed by atoms with E-state index in [1.165, 1.54) is 31.2 Å². The van der Waals surface area contributed by atoms with Crippen molar-refractivity contribution in [3.8, 4) is 11.3 Å². The van der Waals surface area contributed by atoms with E-state index in [-0.39, 0.29) is 26.1 Å². The number of nitrogens with zero attached hydrogens (tertiary/aromatic N) is 2. The predicted molar refractivity (Wildman–Crippen MR) is 130 cm³/mol. The first-order valence-electron chi connectivity index (χ1n) is 10.0. The second kappa shape index (κ2) is 8.55. The van der Waals surface area contributed by atoms with Gasteiger partial charge in [-0.3, -0.25) is 0 Å². The van der Waals surface area contributed by atoms with Crippen LogP contribution in [0.1, 0.15) is 16.8 Å². The summed E-state index contributed by atoms with van der Waals surface area (Å²) >= 11 is 3.37. The number of rotatable bonds is 5. The average Bonchev–Trinajstić information content (AvgIpc) is 3.13. The van der Waals surface area contributed by atoms with Crippen LogP contribution in [0.5, 0.6) is 0 Å². The third kappa shape index (κ3) is 4.28. The molecule has 0 bridgehead atoms. The zero-order valence-corrected chi connectivity index (χ0v) is 21.4. The van der Waals surface area contributed by atoms with E-state index in [9.17, 15) is 16.8 Å². The van der Waals surface area contributed by atoms with Crippen LogP contribution in [0.25, 0.3) is 11.3 Å². The van der Waals surface area contributed by atoms with Gasteiger partial charge in [-0.25, -0.2) is 8.42 Å². The van der Waals surface area contributed by atoms with Crippen molar-refractivity contribution in [2.24, 2.45) is 0 Å². The Morgan fingerprint density at radius 1 is 0.697 bits per heavy atom. The van der Waals surface area contributed by atoms with Crippen LogP contribution < -0.4 is 0 Å². The van der Waals surface area contributed by atoms with Crippen molar-refractivity contribution in [2.45, 2.75) is 35.5 Å². The minimum Gasteiger partial charge on any atom is -0.218 e. The molecule has 0 atom stereocenters. The molecule has 33 heavy (non-hydrogen) atoms. The van der Waals surface area contributed by atoms with Crippen molar-refractivity contribution in [3.63, 3.8) is 0 Å². The van der Waals surface area contributed by atoms with Crippen LogP contribution >= 0.6 is 15.9 Å². The molecule has 1 heterocycles. The molecule has 4 rings (SSSR count). The van der Waals surface area contributed by atoms with E-state index >= 15 is 0 Å². The van der Waals surface area contributed by atoms with Gasteiger partial charge >= 0.3 is 0 Å². The molecule has 0 N–H and O–H groups in total. The van der Waals surface area contributed by atoms with Gasteiger partial charge in [0, 0.05) is 10.0 Å². The lowest BCUT2D eigenvalue weighted by molar-refractivity contribution is 0.580. The van der Waals surface area contributed by atoms with E-state index in [1.807, 2.05) is 13.8 Å². The van der Waals surface area contributed by atoms with Crippen molar-refractivity contribution in [3.05, 3.63) is 94.1 Å². The lowest BCUT2D eigenvalue weighted by Gasteiger charge is -2.12. The summed E-state index contributed by atoms with van der Waals surface area (Å²) in [6.45, 7) is 5.22. The Balaban J connectivity index is 2.05. The molecule has 0 aliphatic heterocycles. The first-order chi connectivity index (χ1) is 15.5. The van der Waals surface area contributed by atoms with E-state index in [2.05, 4.69) is 21.0 Å². The largest absolute Gasteiger partial charge is 0.283 e. The summed E-state index contributed by atoms with van der Waals surface area (Å²) in [5, 5.41) is 4.23. The molecule has 4 aromatic rings. The summed E-state index contributed by atoms with van der Waals surface area (Å²) in [7, 11) is -8.23. The normalized spacial score (nSPS) is 12.1. The zero-order chi connectivity index (χ0) is 24.0. The van der Waals surface area contributed by atoms with Gasteiger partial charge in [-0.2, -0.15) is 17.6 Å². The van der Waals surface area contributed by atoms with Crippen LogP contribution in [0.3, 0.4) is 0 Å². The van der Waals surface area contributed by atoms with Crippen molar-refractivity contribution in [2.75, 3.05) is 0 Å². The number of halogens is 1. The van der Waals surface area contributed by atoms with Gasteiger partial charge in [0.05, 0.1) is 15.5 Å². The monoisotopic (exact) mass is 544 g/mol. The maximum Gasteiger partial charge on any atom is 0.283 e. The van der Waals surface area contributed by atoms with Crippen molar-refractivity contribution >= 4 is 35.8 Å². The molecule has 3 aromatic carbocycles. The third-order valence-electron chi connectivity index (χ3n) is 5.24. The lowest BCUT2D eigenvalue weighted by Crippen LogP contribution is -2.16. The Hall–Kier alpha value is -2.75. The summed E-state index contributed by atoms with van der Waals surface area (Å²) in [6, 6.07) is 19.6. The average molecular weight is 545 g/mol. The van der Waals surface area contributed by atoms with E-state index in [0.29, 0.717) is 5.56 Å². The predicted octanol–water partition coefficient (Wildman–Crippen LogP) is 5.31. The van der Waals surface area contributed by atoms with Gasteiger partial charge in [0.1, 0.15) is 10.6 Å². The Bertz CT molecular complexity index is 1540. The first-order valence-corrected chi connectivity index (χ1v) is 13.7. The quantitative estimate of drug-likeness (QED) is 0.340. The van der Waals surface area contributed by atoms with Crippen LogP contribution in [0.4, 0.5) is 0 Å². The molecule has 6 nitrogen and oxygen atoms in total. The van der Waals surface area contributed by atoms with Gasteiger partial charge in [0.2, 0.25) is 9.84 Å². The molecule has 0 amide bonds. The zero-order valence-electron chi connectivity index (χ0n) is 18.2. The molecule has 170 valence electrons. The Morgan fingerprint density at radius 3 is 1.70 bits per heavy atom. The molecule has 1 aromatic heterocycles. The number of hydrogen-bond acceptors (Lipinski definition) is 5. The van der Waals surface area contributed by atoms with Crippen molar-refractivity contribution < 1.29 is 16.8 Å². The Morgan fingerprint density at radius 2 is 1.18 bits per heavy atom. The molecule has 0 spiro atoms. The smallest absolute Gasteiger partial charge is 0.218 e. The highest BCUT2D eigenvalue weighted by Gasteiger charge is 2.34. The highest BCUT2D eigenvalue weighted by Crippen LogP contribution is 2.36. The fourth-order valence-electron chi connectivity index (χ4n) is 3.48. The number of hydrogen-bond donors (Lipinski definition) is 0. The summed E-state index contributed by atoms with van der Waals surface area (Å²) in [5.74, 6) is 0. The molecule has 0 saturated carbocycles. The molecule has 0 aliphatic carbocycles. The fourth-order valence-corrected chi connectivity index (χ4v) is 6.77. The molecule has 0 radical (unpaired) electrons. The summed E-state index contributed by atoms with van der Waals surface area (Å²) in [6.07, 6.45) is 0. The highest BCUT2D eigenvalue weighted by molar-refractivity contribution is 9.10. The van der Waals surface area contributed by atoms with Crippen LogP contribution in [-0.4, -0.2) is 26.0 Å². The highest BCUT2D eigenvalue weighted by atomic mass is 79.9. The maximum atomic E-state index is 13.7. The minimum absolute atomic E-state index is 0.00106. The molecular weight excluding hydrogens is 524 g/mol. The lowest BCUT2D eigenvalue weighted by atomic mass is 10.1. The second-order valence-electron chi connectivity index (χ2n) is 7.75. The van der Waals surface area contributed by atoms with E-state index in [4.69, 9.17) is 0 Å². The standard InChI is InChI=1S/C24H21BrN2O4S2/c1-16-4-12-21(13-5-16)32(28,29)24-18(3)26-27(23(24)19-8-10-20(25)11-9-19)33(30,31)22-14-6-17(2)7-15-22/h4-15H,1-3H3. The van der Waals surface area contributed by atoms with Crippen LogP contribution in [-0.2, 0) is 19.9 Å². The molecule has 9 heteroatoms. The Labute approximate surface area is 202 Å². The summed E-state index contributed by atoms with van der Waals surface area (Å²) in [5.41, 5.74) is 2.34. The van der Waals surface area contributed by atoms with Gasteiger partial charge in [-0.1, -0.05) is 63.5 Å². The van der Waals surface area contributed by atoms with E-state index in [0.717, 1.165) is 19.7 Å². The number of benzene rings is 3. The molecule has 0 fully saturated rings. The molecule has 0 saturated heterocycles. The van der Waals surface area contributed by atoms with Gasteiger partial charge in [-0.15, -0.1) is 0 Å². The maximum absolute atomic E-state index is 13.7. The van der Waals surface area contributed by atoms with Crippen LogP contribution in [0, 0.1) is 20.8 Å². The van der Waals surface area contributed by atoms with Crippen molar-refractivity contribution in [1.82, 2.24) is 9.19 Å². The minimum atomic E-state index is -4.17. The molecule has 0 unspecified atom stereocenters. The summed E-state index contributed by atoms with van der Waals surface area (Å²) < 4.78 is 56.1. The molecular formula is C24H21BrN2O4S2. The topological polar surface area (TPSA) is 86.1 Å². The van der Waals surface area contributed by atoms with Crippen LogP contribution in [0.15, 0.2) is 92.0 Å². The molecule has 0 aliphatic rings.